The molecule has 250 valence electrons. The predicted molar refractivity (Wildman–Crippen MR) is 217 cm³/mol. The molecule has 0 fully saturated rings. The van der Waals surface area contributed by atoms with E-state index in [-0.39, 0.29) is 5.41 Å². The Morgan fingerprint density at radius 1 is 0.453 bits per heavy atom. The quantitative estimate of drug-likeness (QED) is 0.186. The normalized spacial score (nSPS) is 13.2. The van der Waals surface area contributed by atoms with Crippen LogP contribution in [0.15, 0.2) is 164 Å². The molecule has 0 aliphatic heterocycles. The summed E-state index contributed by atoms with van der Waals surface area (Å²) in [5, 5.41) is 4.83. The van der Waals surface area contributed by atoms with Crippen molar-refractivity contribution >= 4 is 43.6 Å². The molecule has 7 aromatic carbocycles. The van der Waals surface area contributed by atoms with Gasteiger partial charge in [-0.05, 0) is 41.0 Å². The summed E-state index contributed by atoms with van der Waals surface area (Å²) in [6.07, 6.45) is 0. The fourth-order valence-corrected chi connectivity index (χ4v) is 8.90. The van der Waals surface area contributed by atoms with Crippen LogP contribution in [-0.2, 0) is 5.41 Å². The summed E-state index contributed by atoms with van der Waals surface area (Å²) in [6.45, 7) is 4.76. The summed E-state index contributed by atoms with van der Waals surface area (Å²) in [7, 11) is 0. The molecule has 1 aliphatic rings. The van der Waals surface area contributed by atoms with Crippen LogP contribution in [0.25, 0.3) is 89.2 Å². The molecule has 3 aromatic heterocycles. The lowest BCUT2D eigenvalue weighted by Crippen LogP contribution is -2.17. The first-order valence-electron chi connectivity index (χ1n) is 18.1. The number of rotatable bonds is 4. The largest absolute Gasteiger partial charge is 0.309 e. The van der Waals surface area contributed by atoms with Gasteiger partial charge in [0.15, 0.2) is 11.6 Å². The molecule has 5 nitrogen and oxygen atoms in total. The second-order valence-corrected chi connectivity index (χ2v) is 14.4. The van der Waals surface area contributed by atoms with Crippen molar-refractivity contribution in [2.24, 2.45) is 0 Å². The van der Waals surface area contributed by atoms with E-state index in [0.717, 1.165) is 33.2 Å². The minimum atomic E-state index is -0.302. The van der Waals surface area contributed by atoms with Crippen LogP contribution in [0, 0.1) is 0 Å². The molecule has 3 heterocycles. The molecule has 5 heteroatoms. The van der Waals surface area contributed by atoms with Crippen LogP contribution in [0.3, 0.4) is 0 Å². The fraction of sp³-hybridized carbons (Fsp3) is 0.0625. The number of hydrogen-bond acceptors (Lipinski definition) is 3. The zero-order chi connectivity index (χ0) is 35.3. The van der Waals surface area contributed by atoms with Crippen LogP contribution in [0.4, 0.5) is 0 Å². The van der Waals surface area contributed by atoms with Gasteiger partial charge < -0.3 is 4.57 Å². The Labute approximate surface area is 306 Å². The minimum absolute atomic E-state index is 0.302. The molecule has 53 heavy (non-hydrogen) atoms. The van der Waals surface area contributed by atoms with Gasteiger partial charge >= 0.3 is 0 Å². The summed E-state index contributed by atoms with van der Waals surface area (Å²) in [4.78, 5) is 15.7. The first kappa shape index (κ1) is 29.8. The third-order valence-corrected chi connectivity index (χ3v) is 11.1. The molecular weight excluding hydrogens is 647 g/mol. The van der Waals surface area contributed by atoms with Crippen molar-refractivity contribution < 1.29 is 0 Å². The minimum Gasteiger partial charge on any atom is -0.309 e. The summed E-state index contributed by atoms with van der Waals surface area (Å²) in [5.74, 6) is 1.87. The summed E-state index contributed by atoms with van der Waals surface area (Å²) < 4.78 is 4.81. The number of nitrogens with zero attached hydrogens (tertiary/aromatic N) is 5. The van der Waals surface area contributed by atoms with Crippen molar-refractivity contribution in [3.8, 4) is 45.5 Å². The van der Waals surface area contributed by atoms with Gasteiger partial charge in [0.25, 0.3) is 0 Å². The van der Waals surface area contributed by atoms with Gasteiger partial charge in [0, 0.05) is 49.3 Å². The average molecular weight is 680 g/mol. The standard InChI is InChI=1S/C48H33N5/c1-48(2)36-27-15-12-24-33(36)41-42(48)44-40(34-25-13-16-28-37(34)52(44)32-22-10-5-11-23-32)39-35-26-14-17-29-38(35)53(43(39)41)47-50-45(30-18-6-3-7-19-30)49-46(51-47)31-20-8-4-9-21-31/h3-29H,1-2H3. The highest BCUT2D eigenvalue weighted by molar-refractivity contribution is 6.33. The van der Waals surface area contributed by atoms with E-state index < -0.39 is 0 Å². The lowest BCUT2D eigenvalue weighted by molar-refractivity contribution is 0.664. The molecule has 0 N–H and O–H groups in total. The van der Waals surface area contributed by atoms with Crippen LogP contribution in [-0.4, -0.2) is 24.1 Å². The Balaban J connectivity index is 1.40. The van der Waals surface area contributed by atoms with Crippen molar-refractivity contribution in [1.82, 2.24) is 24.1 Å². The fourth-order valence-electron chi connectivity index (χ4n) is 8.90. The van der Waals surface area contributed by atoms with Crippen molar-refractivity contribution in [3.63, 3.8) is 0 Å². The number of aromatic nitrogens is 5. The molecule has 0 saturated carbocycles. The SMILES string of the molecule is CC1(C)c2ccccc2-c2c1c1c(c3ccccc3n1-c1ccccc1)c1c3ccccc3n(-c3nc(-c4ccccc4)nc(-c4ccccc4)n3)c21. The molecule has 0 unspecified atom stereocenters. The van der Waals surface area contributed by atoms with Crippen LogP contribution >= 0.6 is 0 Å². The van der Waals surface area contributed by atoms with Crippen LogP contribution in [0.5, 0.6) is 0 Å². The van der Waals surface area contributed by atoms with E-state index >= 15 is 0 Å². The first-order valence-corrected chi connectivity index (χ1v) is 18.1. The molecule has 10 aromatic rings. The number of hydrogen-bond donors (Lipinski definition) is 0. The molecule has 11 rings (SSSR count). The highest BCUT2D eigenvalue weighted by atomic mass is 15.2. The zero-order valence-electron chi connectivity index (χ0n) is 29.3. The number of benzene rings is 7. The van der Waals surface area contributed by atoms with Gasteiger partial charge in [-0.2, -0.15) is 9.97 Å². The predicted octanol–water partition coefficient (Wildman–Crippen LogP) is 11.7. The Kier molecular flexibility index (Phi) is 6.23. The Hall–Kier alpha value is -6.85. The van der Waals surface area contributed by atoms with Crippen molar-refractivity contribution in [2.75, 3.05) is 0 Å². The van der Waals surface area contributed by atoms with Crippen molar-refractivity contribution in [2.45, 2.75) is 19.3 Å². The van der Waals surface area contributed by atoms with E-state index in [1.54, 1.807) is 0 Å². The van der Waals surface area contributed by atoms with Crippen LogP contribution < -0.4 is 0 Å². The highest BCUT2D eigenvalue weighted by Crippen LogP contribution is 2.58. The zero-order valence-corrected chi connectivity index (χ0v) is 29.3. The summed E-state index contributed by atoms with van der Waals surface area (Å²) in [5.41, 5.74) is 12.4. The molecule has 0 amide bonds. The van der Waals surface area contributed by atoms with Crippen molar-refractivity contribution in [1.29, 1.82) is 0 Å². The molecule has 0 atom stereocenters. The molecular formula is C48H33N5. The lowest BCUT2D eigenvalue weighted by atomic mass is 9.81. The lowest BCUT2D eigenvalue weighted by Gasteiger charge is -2.24. The molecule has 0 spiro atoms. The Bertz CT molecular complexity index is 3010. The first-order chi connectivity index (χ1) is 26.1. The van der Waals surface area contributed by atoms with Gasteiger partial charge in [-0.1, -0.05) is 153 Å². The summed E-state index contributed by atoms with van der Waals surface area (Å²) >= 11 is 0. The maximum atomic E-state index is 5.32. The molecule has 0 radical (unpaired) electrons. The third kappa shape index (κ3) is 4.16. The van der Waals surface area contributed by atoms with E-state index in [9.17, 15) is 0 Å². The van der Waals surface area contributed by atoms with Crippen molar-refractivity contribution in [3.05, 3.63) is 175 Å². The van der Waals surface area contributed by atoms with E-state index in [0.29, 0.717) is 17.6 Å². The smallest absolute Gasteiger partial charge is 0.238 e. The van der Waals surface area contributed by atoms with Gasteiger partial charge in [0.05, 0.1) is 22.1 Å². The van der Waals surface area contributed by atoms with Gasteiger partial charge in [-0.3, -0.25) is 4.57 Å². The van der Waals surface area contributed by atoms with Gasteiger partial charge in [-0.15, -0.1) is 0 Å². The van der Waals surface area contributed by atoms with Gasteiger partial charge in [0.2, 0.25) is 5.95 Å². The molecule has 0 saturated heterocycles. The van der Waals surface area contributed by atoms with Crippen LogP contribution in [0.1, 0.15) is 25.0 Å². The Morgan fingerprint density at radius 3 is 1.57 bits per heavy atom. The summed E-state index contributed by atoms with van der Waals surface area (Å²) in [6, 6.07) is 57.8. The maximum absolute atomic E-state index is 5.32. The van der Waals surface area contributed by atoms with E-state index in [2.05, 4.69) is 150 Å². The monoisotopic (exact) mass is 679 g/mol. The molecule has 0 bridgehead atoms. The highest BCUT2D eigenvalue weighted by Gasteiger charge is 2.42. The second-order valence-electron chi connectivity index (χ2n) is 14.4. The Morgan fingerprint density at radius 2 is 0.943 bits per heavy atom. The van der Waals surface area contributed by atoms with E-state index in [4.69, 9.17) is 15.0 Å². The third-order valence-electron chi connectivity index (χ3n) is 11.1. The topological polar surface area (TPSA) is 48.5 Å². The second kappa shape index (κ2) is 11.1. The van der Waals surface area contributed by atoms with E-state index in [1.807, 2.05) is 36.4 Å². The number of para-hydroxylation sites is 3. The molecule has 1 aliphatic carbocycles. The van der Waals surface area contributed by atoms with Crippen LogP contribution in [0.2, 0.25) is 0 Å². The average Bonchev–Trinajstić information content (AvgIpc) is 3.82. The number of fused-ring (bicyclic) bond motifs is 12. The maximum Gasteiger partial charge on any atom is 0.238 e. The van der Waals surface area contributed by atoms with E-state index in [1.165, 1.54) is 49.4 Å². The van der Waals surface area contributed by atoms with Gasteiger partial charge in [0.1, 0.15) is 0 Å². The van der Waals surface area contributed by atoms with Gasteiger partial charge in [-0.25, -0.2) is 4.98 Å².